The molecule has 0 atom stereocenters. The monoisotopic (exact) mass is 384 g/mol. The summed E-state index contributed by atoms with van der Waals surface area (Å²) in [4.78, 5) is 24.3. The molecule has 0 saturated heterocycles. The molecular weight excluding hydrogens is 364 g/mol. The number of fused-ring (bicyclic) bond motifs is 1. The molecule has 1 aromatic heterocycles. The van der Waals surface area contributed by atoms with Crippen LogP contribution in [0, 0.1) is 0 Å². The Morgan fingerprint density at radius 2 is 1.64 bits per heavy atom. The highest BCUT2D eigenvalue weighted by atomic mass is 16.5. The van der Waals surface area contributed by atoms with E-state index in [4.69, 9.17) is 23.4 Å². The minimum Gasteiger partial charge on any atom is -0.493 e. The molecule has 7 nitrogen and oxygen atoms in total. The number of methoxy groups -OCH3 is 3. The Hall–Kier alpha value is -3.48. The molecule has 0 aliphatic rings. The first-order valence-electron chi connectivity index (χ1n) is 8.59. The normalized spacial score (nSPS) is 10.6. The third-order valence-corrected chi connectivity index (χ3v) is 4.29. The van der Waals surface area contributed by atoms with Gasteiger partial charge in [0.2, 0.25) is 5.75 Å². The van der Waals surface area contributed by atoms with Crippen molar-refractivity contribution >= 4 is 16.9 Å². The Morgan fingerprint density at radius 3 is 2.21 bits per heavy atom. The van der Waals surface area contributed by atoms with E-state index in [1.165, 1.54) is 45.6 Å². The lowest BCUT2D eigenvalue weighted by Crippen LogP contribution is -2.10. The first kappa shape index (κ1) is 19.3. The zero-order valence-electron chi connectivity index (χ0n) is 16.0. The summed E-state index contributed by atoms with van der Waals surface area (Å²) in [5, 5.41) is 0.801. The van der Waals surface area contributed by atoms with Crippen LogP contribution in [0.25, 0.3) is 11.0 Å². The minimum atomic E-state index is -0.618. The van der Waals surface area contributed by atoms with E-state index in [0.717, 1.165) is 10.9 Å². The largest absolute Gasteiger partial charge is 0.493 e. The lowest BCUT2D eigenvalue weighted by Gasteiger charge is -2.13. The summed E-state index contributed by atoms with van der Waals surface area (Å²) in [6.45, 7) is 1.95. The molecule has 0 saturated carbocycles. The standard InChI is InChI=1S/C21H20O7/c1-5-12-10-19(22)28-16-11-14(6-7-15(12)16)27-21(23)13-8-17(24-2)20(26-4)18(9-13)25-3/h6-11H,5H2,1-4H3. The van der Waals surface area contributed by atoms with Crippen LogP contribution in [0.15, 0.2) is 45.6 Å². The lowest BCUT2D eigenvalue weighted by atomic mass is 10.1. The van der Waals surface area contributed by atoms with E-state index >= 15 is 0 Å². The van der Waals surface area contributed by atoms with Crippen molar-refractivity contribution in [2.24, 2.45) is 0 Å². The van der Waals surface area contributed by atoms with Gasteiger partial charge in [-0.25, -0.2) is 9.59 Å². The Balaban J connectivity index is 1.96. The molecule has 0 unspecified atom stereocenters. The Labute approximate surface area is 161 Å². The summed E-state index contributed by atoms with van der Waals surface area (Å²) < 4.78 is 26.4. The van der Waals surface area contributed by atoms with Crippen LogP contribution in [0.5, 0.6) is 23.0 Å². The molecule has 0 spiro atoms. The van der Waals surface area contributed by atoms with Crippen molar-refractivity contribution in [1.29, 1.82) is 0 Å². The summed E-state index contributed by atoms with van der Waals surface area (Å²) >= 11 is 0. The zero-order valence-corrected chi connectivity index (χ0v) is 16.0. The van der Waals surface area contributed by atoms with Gasteiger partial charge in [0.15, 0.2) is 11.5 Å². The van der Waals surface area contributed by atoms with Gasteiger partial charge in [-0.2, -0.15) is 0 Å². The third kappa shape index (κ3) is 3.64. The molecule has 0 aliphatic carbocycles. The molecular formula is C21H20O7. The van der Waals surface area contributed by atoms with Gasteiger partial charge in [0.25, 0.3) is 0 Å². The highest BCUT2D eigenvalue weighted by Gasteiger charge is 2.18. The predicted octanol–water partition coefficient (Wildman–Crippen LogP) is 3.60. The molecule has 7 heteroatoms. The van der Waals surface area contributed by atoms with E-state index in [-0.39, 0.29) is 11.3 Å². The van der Waals surface area contributed by atoms with Crippen molar-refractivity contribution in [2.75, 3.05) is 21.3 Å². The number of carbonyl (C=O) groups is 1. The molecule has 1 heterocycles. The number of ether oxygens (including phenoxy) is 4. The molecule has 0 bridgehead atoms. The fraction of sp³-hybridized carbons (Fsp3) is 0.238. The number of aryl methyl sites for hydroxylation is 1. The Bertz CT molecular complexity index is 1060. The van der Waals surface area contributed by atoms with Crippen LogP contribution in [0.1, 0.15) is 22.8 Å². The van der Waals surface area contributed by atoms with Crippen LogP contribution >= 0.6 is 0 Å². The van der Waals surface area contributed by atoms with E-state index in [1.54, 1.807) is 12.1 Å². The number of carbonyl (C=O) groups excluding carboxylic acids is 1. The second kappa shape index (κ2) is 8.04. The second-order valence-corrected chi connectivity index (χ2v) is 5.91. The molecule has 28 heavy (non-hydrogen) atoms. The summed E-state index contributed by atoms with van der Waals surface area (Å²) in [7, 11) is 4.40. The molecule has 0 aliphatic heterocycles. The number of hydrogen-bond acceptors (Lipinski definition) is 7. The van der Waals surface area contributed by atoms with Crippen LogP contribution in [0.4, 0.5) is 0 Å². The van der Waals surface area contributed by atoms with Gasteiger partial charge in [0, 0.05) is 17.5 Å². The van der Waals surface area contributed by atoms with Gasteiger partial charge < -0.3 is 23.4 Å². The van der Waals surface area contributed by atoms with Crippen LogP contribution in [0.3, 0.4) is 0 Å². The van der Waals surface area contributed by atoms with Gasteiger partial charge in [0.1, 0.15) is 11.3 Å². The molecule has 3 rings (SSSR count). The van der Waals surface area contributed by atoms with E-state index in [9.17, 15) is 9.59 Å². The third-order valence-electron chi connectivity index (χ3n) is 4.29. The average molecular weight is 384 g/mol. The van der Waals surface area contributed by atoms with Crippen molar-refractivity contribution in [3.8, 4) is 23.0 Å². The Kier molecular flexibility index (Phi) is 5.54. The van der Waals surface area contributed by atoms with Gasteiger partial charge in [-0.15, -0.1) is 0 Å². The molecule has 146 valence electrons. The summed E-state index contributed by atoms with van der Waals surface area (Å²) in [6.07, 6.45) is 0.687. The molecule has 0 amide bonds. The number of benzene rings is 2. The average Bonchev–Trinajstić information content (AvgIpc) is 2.71. The highest BCUT2D eigenvalue weighted by molar-refractivity contribution is 5.93. The maximum atomic E-state index is 12.6. The minimum absolute atomic E-state index is 0.221. The summed E-state index contributed by atoms with van der Waals surface area (Å²) in [5.41, 5.74) is 1.00. The van der Waals surface area contributed by atoms with E-state index in [1.807, 2.05) is 6.92 Å². The van der Waals surface area contributed by atoms with Crippen LogP contribution in [-0.2, 0) is 6.42 Å². The second-order valence-electron chi connectivity index (χ2n) is 5.91. The van der Waals surface area contributed by atoms with Crippen molar-refractivity contribution < 1.29 is 28.2 Å². The molecule has 3 aromatic rings. The van der Waals surface area contributed by atoms with Gasteiger partial charge in [0.05, 0.1) is 26.9 Å². The summed E-state index contributed by atoms with van der Waals surface area (Å²) in [5.74, 6) is 0.688. The van der Waals surface area contributed by atoms with Crippen LogP contribution in [0.2, 0.25) is 0 Å². The van der Waals surface area contributed by atoms with Crippen molar-refractivity contribution in [3.05, 3.63) is 57.9 Å². The highest BCUT2D eigenvalue weighted by Crippen LogP contribution is 2.38. The SMILES string of the molecule is CCc1cc(=O)oc2cc(OC(=O)c3cc(OC)c(OC)c(OC)c3)ccc12. The van der Waals surface area contributed by atoms with Gasteiger partial charge in [-0.05, 0) is 36.2 Å². The van der Waals surface area contributed by atoms with Gasteiger partial charge >= 0.3 is 11.6 Å². The quantitative estimate of drug-likeness (QED) is 0.365. The van der Waals surface area contributed by atoms with Crippen molar-refractivity contribution in [1.82, 2.24) is 0 Å². The van der Waals surface area contributed by atoms with Crippen LogP contribution in [-0.4, -0.2) is 27.3 Å². The number of hydrogen-bond donors (Lipinski definition) is 0. The van der Waals surface area contributed by atoms with Gasteiger partial charge in [-0.3, -0.25) is 0 Å². The van der Waals surface area contributed by atoms with E-state index in [2.05, 4.69) is 0 Å². The molecule has 0 fully saturated rings. The maximum Gasteiger partial charge on any atom is 0.343 e. The number of esters is 1. The van der Waals surface area contributed by atoms with E-state index in [0.29, 0.717) is 29.3 Å². The van der Waals surface area contributed by atoms with Crippen LogP contribution < -0.4 is 24.6 Å². The summed E-state index contributed by atoms with van der Waals surface area (Å²) in [6, 6.07) is 9.39. The van der Waals surface area contributed by atoms with E-state index < -0.39 is 11.6 Å². The van der Waals surface area contributed by atoms with Gasteiger partial charge in [-0.1, -0.05) is 6.92 Å². The fourth-order valence-corrected chi connectivity index (χ4v) is 2.93. The smallest absolute Gasteiger partial charge is 0.343 e. The fourth-order valence-electron chi connectivity index (χ4n) is 2.93. The Morgan fingerprint density at radius 1 is 0.964 bits per heavy atom. The lowest BCUT2D eigenvalue weighted by molar-refractivity contribution is 0.0734. The topological polar surface area (TPSA) is 84.2 Å². The first-order chi connectivity index (χ1) is 13.5. The van der Waals surface area contributed by atoms with Crippen molar-refractivity contribution in [2.45, 2.75) is 13.3 Å². The molecule has 2 aromatic carbocycles. The first-order valence-corrected chi connectivity index (χ1v) is 8.59. The predicted molar refractivity (Wildman–Crippen MR) is 103 cm³/mol. The zero-order chi connectivity index (χ0) is 20.3. The molecule has 0 N–H and O–H groups in total. The number of rotatable bonds is 6. The van der Waals surface area contributed by atoms with Crippen molar-refractivity contribution in [3.63, 3.8) is 0 Å². The maximum absolute atomic E-state index is 12.6. The molecule has 0 radical (unpaired) electrons.